The molecule has 5 saturated carbocycles. The lowest BCUT2D eigenvalue weighted by Crippen LogP contribution is -2.67. The molecule has 5 aliphatic carbocycles. The van der Waals surface area contributed by atoms with Crippen LogP contribution in [0.1, 0.15) is 106 Å². The summed E-state index contributed by atoms with van der Waals surface area (Å²) in [6.07, 6.45) is 16.2. The first-order chi connectivity index (χ1) is 16.8. The quantitative estimate of drug-likeness (QED) is 0.257. The zero-order valence-electron chi connectivity index (χ0n) is 23.8. The lowest BCUT2D eigenvalue weighted by atomic mass is 9.32. The van der Waals surface area contributed by atoms with Crippen molar-refractivity contribution in [2.24, 2.45) is 56.7 Å². The normalized spacial score (nSPS) is 51.1. The van der Waals surface area contributed by atoms with Gasteiger partial charge in [-0.25, -0.2) is 0 Å². The van der Waals surface area contributed by atoms with Crippen LogP contribution in [-0.2, 0) is 9.53 Å². The Morgan fingerprint density at radius 3 is 2.33 bits per heavy atom. The zero-order valence-corrected chi connectivity index (χ0v) is 23.8. The molecule has 0 saturated heterocycles. The average Bonchev–Trinajstić information content (AvgIpc) is 3.22. The van der Waals surface area contributed by atoms with Gasteiger partial charge >= 0.3 is 5.97 Å². The number of aliphatic hydroxyl groups is 1. The van der Waals surface area contributed by atoms with Crippen LogP contribution in [0.4, 0.5) is 0 Å². The van der Waals surface area contributed by atoms with Crippen molar-refractivity contribution in [3.63, 3.8) is 0 Å². The molecule has 0 aliphatic heterocycles. The van der Waals surface area contributed by atoms with E-state index in [2.05, 4.69) is 54.0 Å². The number of esters is 1. The second-order valence-corrected chi connectivity index (χ2v) is 15.0. The van der Waals surface area contributed by atoms with Gasteiger partial charge < -0.3 is 9.84 Å². The zero-order chi connectivity index (χ0) is 26.3. The summed E-state index contributed by atoms with van der Waals surface area (Å²) in [7, 11) is 0. The number of fused-ring (bicyclic) bond motifs is 7. The first-order valence-corrected chi connectivity index (χ1v) is 14.7. The summed E-state index contributed by atoms with van der Waals surface area (Å²) in [6, 6.07) is 0. The fourth-order valence-corrected chi connectivity index (χ4v) is 11.7. The molecule has 0 aromatic carbocycles. The lowest BCUT2D eigenvalue weighted by molar-refractivity contribution is -0.248. The Hall–Kier alpha value is -1.27. The number of rotatable bonds is 3. The third-order valence-electron chi connectivity index (χ3n) is 13.7. The van der Waals surface area contributed by atoms with E-state index in [0.29, 0.717) is 29.6 Å². The Bertz CT molecular complexity index is 974. The SMILES string of the molecule is C#CCOC(=O)C12CCC(C(=C)C)C1C1CCC3C4(C)CCC(O)C(C)(C)C4CCC3(C)C1(C)CC2. The van der Waals surface area contributed by atoms with Crippen LogP contribution in [0, 0.1) is 69.0 Å². The Morgan fingerprint density at radius 2 is 1.67 bits per heavy atom. The lowest BCUT2D eigenvalue weighted by Gasteiger charge is -2.72. The molecule has 5 rings (SSSR count). The van der Waals surface area contributed by atoms with Crippen LogP contribution in [0.15, 0.2) is 12.2 Å². The maximum Gasteiger partial charge on any atom is 0.313 e. The van der Waals surface area contributed by atoms with Gasteiger partial charge in [-0.15, -0.1) is 6.42 Å². The van der Waals surface area contributed by atoms with Gasteiger partial charge in [0.25, 0.3) is 0 Å². The molecule has 200 valence electrons. The molecule has 0 aromatic heterocycles. The van der Waals surface area contributed by atoms with Crippen LogP contribution in [0.2, 0.25) is 0 Å². The highest BCUT2D eigenvalue weighted by molar-refractivity contribution is 5.78. The molecule has 1 N–H and O–H groups in total. The van der Waals surface area contributed by atoms with Crippen molar-refractivity contribution >= 4 is 5.97 Å². The van der Waals surface area contributed by atoms with E-state index < -0.39 is 5.41 Å². The maximum atomic E-state index is 13.6. The second-order valence-electron chi connectivity index (χ2n) is 15.0. The first kappa shape index (κ1) is 26.3. The molecule has 10 unspecified atom stereocenters. The van der Waals surface area contributed by atoms with Crippen molar-refractivity contribution in [2.75, 3.05) is 6.61 Å². The van der Waals surface area contributed by atoms with E-state index >= 15 is 0 Å². The Labute approximate surface area is 220 Å². The van der Waals surface area contributed by atoms with Crippen LogP contribution in [0.25, 0.3) is 0 Å². The molecule has 0 bridgehead atoms. The summed E-state index contributed by atoms with van der Waals surface area (Å²) in [4.78, 5) is 13.6. The van der Waals surface area contributed by atoms with Crippen molar-refractivity contribution in [3.8, 4) is 12.3 Å². The predicted octanol–water partition coefficient (Wildman–Crippen LogP) is 7.18. The maximum absolute atomic E-state index is 13.6. The number of aliphatic hydroxyl groups excluding tert-OH is 1. The highest BCUT2D eigenvalue weighted by atomic mass is 16.5. The van der Waals surface area contributed by atoms with Crippen molar-refractivity contribution in [1.29, 1.82) is 0 Å². The predicted molar refractivity (Wildman–Crippen MR) is 145 cm³/mol. The summed E-state index contributed by atoms with van der Waals surface area (Å²) in [5.74, 6) is 4.93. The summed E-state index contributed by atoms with van der Waals surface area (Å²) in [5, 5.41) is 11.0. The average molecular weight is 495 g/mol. The van der Waals surface area contributed by atoms with Crippen LogP contribution >= 0.6 is 0 Å². The monoisotopic (exact) mass is 494 g/mol. The van der Waals surface area contributed by atoms with Crippen LogP contribution in [-0.4, -0.2) is 23.8 Å². The van der Waals surface area contributed by atoms with Crippen LogP contribution < -0.4 is 0 Å². The molecule has 5 aliphatic rings. The molecule has 0 amide bonds. The van der Waals surface area contributed by atoms with Gasteiger partial charge in [-0.05, 0) is 122 Å². The minimum absolute atomic E-state index is 0.0227. The van der Waals surface area contributed by atoms with Crippen LogP contribution in [0.5, 0.6) is 0 Å². The number of carbonyl (C=O) groups is 1. The third kappa shape index (κ3) is 3.18. The smallest absolute Gasteiger partial charge is 0.313 e. The van der Waals surface area contributed by atoms with Gasteiger partial charge in [-0.1, -0.05) is 52.7 Å². The van der Waals surface area contributed by atoms with Crippen molar-refractivity contribution in [1.82, 2.24) is 0 Å². The van der Waals surface area contributed by atoms with Gasteiger partial charge in [-0.2, -0.15) is 0 Å². The van der Waals surface area contributed by atoms with Crippen molar-refractivity contribution in [2.45, 2.75) is 112 Å². The van der Waals surface area contributed by atoms with Gasteiger partial charge in [0.05, 0.1) is 11.5 Å². The first-order valence-electron chi connectivity index (χ1n) is 14.7. The molecular formula is C33H50O3. The van der Waals surface area contributed by atoms with E-state index in [4.69, 9.17) is 11.2 Å². The van der Waals surface area contributed by atoms with E-state index in [1.165, 1.54) is 31.3 Å². The molecular weight excluding hydrogens is 444 g/mol. The Kier molecular flexibility index (Phi) is 6.12. The highest BCUT2D eigenvalue weighted by Gasteiger charge is 2.72. The van der Waals surface area contributed by atoms with E-state index in [-0.39, 0.29) is 40.3 Å². The van der Waals surface area contributed by atoms with Crippen molar-refractivity contribution in [3.05, 3.63) is 12.2 Å². The number of carbonyl (C=O) groups excluding carboxylic acids is 1. The minimum Gasteiger partial charge on any atom is -0.452 e. The Balaban J connectivity index is 1.54. The summed E-state index contributed by atoms with van der Waals surface area (Å²) in [5.41, 5.74) is 1.53. The highest BCUT2D eigenvalue weighted by Crippen LogP contribution is 2.77. The fourth-order valence-electron chi connectivity index (χ4n) is 11.7. The number of terminal acetylenes is 1. The van der Waals surface area contributed by atoms with Gasteiger partial charge in [0.15, 0.2) is 6.61 Å². The Morgan fingerprint density at radius 1 is 0.944 bits per heavy atom. The van der Waals surface area contributed by atoms with E-state index in [1.54, 1.807) is 0 Å². The number of hydrogen-bond acceptors (Lipinski definition) is 3. The van der Waals surface area contributed by atoms with Gasteiger partial charge in [0.2, 0.25) is 0 Å². The molecule has 36 heavy (non-hydrogen) atoms. The summed E-state index contributed by atoms with van der Waals surface area (Å²) in [6.45, 7) is 19.1. The number of ether oxygens (including phenoxy) is 1. The van der Waals surface area contributed by atoms with Crippen molar-refractivity contribution < 1.29 is 14.6 Å². The molecule has 0 heterocycles. The minimum atomic E-state index is -0.397. The fraction of sp³-hybridized carbons (Fsp3) is 0.848. The standard InChI is InChI=1S/C33H50O3/c1-9-20-36-28(35)33-17-12-22(21(2)3)27(33)23-10-11-25-30(6)15-14-26(34)29(4,5)24(30)13-16-32(25,8)31(23,7)18-19-33/h1,22-27,34H,2,10-20H2,3-8H3. The molecule has 10 atom stereocenters. The molecule has 0 aromatic rings. The molecule has 3 nitrogen and oxygen atoms in total. The second kappa shape index (κ2) is 8.36. The molecule has 5 fully saturated rings. The van der Waals surface area contributed by atoms with E-state index in [1.807, 2.05) is 0 Å². The van der Waals surface area contributed by atoms with Gasteiger partial charge in [0.1, 0.15) is 0 Å². The van der Waals surface area contributed by atoms with E-state index in [9.17, 15) is 9.90 Å². The summed E-state index contributed by atoms with van der Waals surface area (Å²) < 4.78 is 5.70. The van der Waals surface area contributed by atoms with E-state index in [0.717, 1.165) is 38.5 Å². The molecule has 0 radical (unpaired) electrons. The topological polar surface area (TPSA) is 46.5 Å². The summed E-state index contributed by atoms with van der Waals surface area (Å²) >= 11 is 0. The van der Waals surface area contributed by atoms with Gasteiger partial charge in [0, 0.05) is 0 Å². The largest absolute Gasteiger partial charge is 0.452 e. The molecule has 3 heteroatoms. The number of allylic oxidation sites excluding steroid dienone is 1. The molecule has 0 spiro atoms. The van der Waals surface area contributed by atoms with Gasteiger partial charge in [-0.3, -0.25) is 4.79 Å². The number of hydrogen-bond donors (Lipinski definition) is 1. The third-order valence-corrected chi connectivity index (χ3v) is 13.7. The van der Waals surface area contributed by atoms with Crippen LogP contribution in [0.3, 0.4) is 0 Å².